The van der Waals surface area contributed by atoms with Crippen molar-refractivity contribution >= 4 is 11.9 Å². The average molecular weight is 1060 g/mol. The van der Waals surface area contributed by atoms with E-state index in [0.29, 0.717) is 12.8 Å². The topological polar surface area (TPSA) is 72.8 Å². The van der Waals surface area contributed by atoms with E-state index >= 15 is 0 Å². The fourth-order valence-electron chi connectivity index (χ4n) is 9.47. The summed E-state index contributed by atoms with van der Waals surface area (Å²) in [6.07, 6.45) is 94.1. The lowest BCUT2D eigenvalue weighted by Crippen LogP contribution is -2.28. The van der Waals surface area contributed by atoms with Gasteiger partial charge in [-0.1, -0.05) is 310 Å². The van der Waals surface area contributed by atoms with Crippen molar-refractivity contribution in [2.75, 3.05) is 13.2 Å². The van der Waals surface area contributed by atoms with Crippen LogP contribution < -0.4 is 0 Å². The highest BCUT2D eigenvalue weighted by molar-refractivity contribution is 5.70. The van der Waals surface area contributed by atoms with Gasteiger partial charge in [-0.2, -0.15) is 0 Å². The smallest absolute Gasteiger partial charge is 0.306 e. The molecule has 438 valence electrons. The number of carbonyl (C=O) groups is 2. The van der Waals surface area contributed by atoms with Gasteiger partial charge >= 0.3 is 11.9 Å². The molecule has 1 N–H and O–H groups in total. The molecular weight excluding hydrogens is 933 g/mol. The first kappa shape index (κ1) is 72.8. The molecule has 5 heteroatoms. The molecule has 0 saturated heterocycles. The normalized spacial score (nSPS) is 12.8. The number of aliphatic hydroxyl groups excluding tert-OH is 1. The number of allylic oxidation sites excluding steroid dienone is 16. The van der Waals surface area contributed by atoms with Gasteiger partial charge < -0.3 is 14.6 Å². The molecule has 0 aromatic rings. The Kier molecular flexibility index (Phi) is 63.3. The molecule has 0 amide bonds. The molecular formula is C71H124O5. The van der Waals surface area contributed by atoms with E-state index in [1.807, 2.05) is 0 Å². The summed E-state index contributed by atoms with van der Waals surface area (Å²) in [6, 6.07) is 0. The lowest BCUT2D eigenvalue weighted by Gasteiger charge is -2.15. The maximum absolute atomic E-state index is 12.4. The monoisotopic (exact) mass is 1060 g/mol. The number of rotatable bonds is 60. The Labute approximate surface area is 472 Å². The van der Waals surface area contributed by atoms with Crippen molar-refractivity contribution in [3.63, 3.8) is 0 Å². The first-order chi connectivity index (χ1) is 37.6. The van der Waals surface area contributed by atoms with E-state index in [-0.39, 0.29) is 25.2 Å². The molecule has 0 rings (SSSR count). The first-order valence-corrected chi connectivity index (χ1v) is 32.8. The van der Waals surface area contributed by atoms with Crippen molar-refractivity contribution in [1.82, 2.24) is 0 Å². The molecule has 0 spiro atoms. The summed E-state index contributed by atoms with van der Waals surface area (Å²) >= 11 is 0. The van der Waals surface area contributed by atoms with Crippen molar-refractivity contribution in [2.45, 2.75) is 328 Å². The first-order valence-electron chi connectivity index (χ1n) is 32.8. The molecule has 0 aromatic carbocycles. The molecule has 1 atom stereocenters. The summed E-state index contributed by atoms with van der Waals surface area (Å²) in [5, 5.41) is 9.69. The molecule has 1 unspecified atom stereocenters. The quantitative estimate of drug-likeness (QED) is 0.0373. The third-order valence-electron chi connectivity index (χ3n) is 14.4. The number of unbranched alkanes of at least 4 members (excludes halogenated alkanes) is 36. The van der Waals surface area contributed by atoms with Crippen LogP contribution in [0.5, 0.6) is 0 Å². The predicted molar refractivity (Wildman–Crippen MR) is 334 cm³/mol. The zero-order chi connectivity index (χ0) is 54.8. The van der Waals surface area contributed by atoms with E-state index in [1.54, 1.807) is 0 Å². The van der Waals surface area contributed by atoms with Gasteiger partial charge in [0.15, 0.2) is 6.10 Å². The van der Waals surface area contributed by atoms with Crippen LogP contribution >= 0.6 is 0 Å². The fraction of sp³-hybridized carbons (Fsp3) is 0.746. The third-order valence-corrected chi connectivity index (χ3v) is 14.4. The Balaban J connectivity index is 3.46. The summed E-state index contributed by atoms with van der Waals surface area (Å²) in [6.45, 7) is 4.05. The summed E-state index contributed by atoms with van der Waals surface area (Å²) in [5.41, 5.74) is 0. The number of hydrogen-bond donors (Lipinski definition) is 1. The SMILES string of the molecule is CC/C=C\C/C=C\C/C=C\C/C=C\C/C=C\CCCCCCCCCCCCCCCCCCCC(=O)OC(CO)COC(=O)CCCCCCCCCCCCCCCC/C=C\C/C=C\C/C=C\CCCCCCC. The van der Waals surface area contributed by atoms with E-state index in [4.69, 9.17) is 9.47 Å². The minimum Gasteiger partial charge on any atom is -0.462 e. The average Bonchev–Trinajstić information content (AvgIpc) is 3.42. The van der Waals surface area contributed by atoms with Crippen molar-refractivity contribution < 1.29 is 24.2 Å². The standard InChI is InChI=1S/C71H124O5/c1-3-5-7-9-11-13-15-17-19-21-23-25-27-29-31-33-34-35-36-38-40-42-44-46-48-50-52-54-56-58-60-62-64-66-71(74)76-69(67-72)68-75-70(73)65-63-61-59-57-55-53-51-49-47-45-43-41-39-37-32-30-28-26-24-22-20-18-16-14-12-10-8-6-4-2/h5,7,11,13,16-19,22-25,28-31,69,72H,3-4,6,8-10,12,14-15,20-21,26-27,32-68H2,1-2H3/b7-5-,13-11-,18-16-,19-17-,24-22-,25-23-,30-28-,31-29-. The van der Waals surface area contributed by atoms with Gasteiger partial charge in [0.2, 0.25) is 0 Å². The van der Waals surface area contributed by atoms with E-state index in [9.17, 15) is 14.7 Å². The number of carbonyl (C=O) groups excluding carboxylic acids is 2. The van der Waals surface area contributed by atoms with Crippen LogP contribution in [0.4, 0.5) is 0 Å². The summed E-state index contributed by atoms with van der Waals surface area (Å²) in [7, 11) is 0. The van der Waals surface area contributed by atoms with E-state index < -0.39 is 6.10 Å². The zero-order valence-corrected chi connectivity index (χ0v) is 50.3. The number of hydrogen-bond acceptors (Lipinski definition) is 5. The molecule has 0 aromatic heterocycles. The maximum Gasteiger partial charge on any atom is 0.306 e. The zero-order valence-electron chi connectivity index (χ0n) is 50.3. The van der Waals surface area contributed by atoms with Gasteiger partial charge in [-0.05, 0) is 96.3 Å². The Morgan fingerprint density at radius 2 is 0.566 bits per heavy atom. The third kappa shape index (κ3) is 63.4. The summed E-state index contributed by atoms with van der Waals surface area (Å²) in [5.74, 6) is -0.581. The summed E-state index contributed by atoms with van der Waals surface area (Å²) < 4.78 is 10.8. The Bertz CT molecular complexity index is 1430. The minimum absolute atomic E-state index is 0.0666. The van der Waals surface area contributed by atoms with E-state index in [1.165, 1.54) is 212 Å². The van der Waals surface area contributed by atoms with Gasteiger partial charge in [-0.3, -0.25) is 9.59 Å². The molecule has 0 aliphatic heterocycles. The van der Waals surface area contributed by atoms with Gasteiger partial charge in [0.05, 0.1) is 6.61 Å². The Hall–Kier alpha value is -3.18. The predicted octanol–water partition coefficient (Wildman–Crippen LogP) is 22.6. The molecule has 5 nitrogen and oxygen atoms in total. The number of esters is 2. The number of ether oxygens (including phenoxy) is 2. The lowest BCUT2D eigenvalue weighted by molar-refractivity contribution is -0.161. The van der Waals surface area contributed by atoms with Crippen LogP contribution in [0.2, 0.25) is 0 Å². The number of aliphatic hydroxyl groups is 1. The van der Waals surface area contributed by atoms with Gasteiger partial charge in [0.25, 0.3) is 0 Å². The molecule has 0 heterocycles. The van der Waals surface area contributed by atoms with Crippen LogP contribution in [0.3, 0.4) is 0 Å². The second-order valence-electron chi connectivity index (χ2n) is 21.8. The van der Waals surface area contributed by atoms with Gasteiger partial charge in [0.1, 0.15) is 6.61 Å². The summed E-state index contributed by atoms with van der Waals surface area (Å²) in [4.78, 5) is 24.6. The van der Waals surface area contributed by atoms with Crippen LogP contribution in [0.15, 0.2) is 97.2 Å². The Morgan fingerprint density at radius 1 is 0.316 bits per heavy atom. The van der Waals surface area contributed by atoms with Gasteiger partial charge in [-0.25, -0.2) is 0 Å². The highest BCUT2D eigenvalue weighted by Gasteiger charge is 2.16. The minimum atomic E-state index is -0.777. The second-order valence-corrected chi connectivity index (χ2v) is 21.8. The van der Waals surface area contributed by atoms with E-state index in [2.05, 4.69) is 111 Å². The van der Waals surface area contributed by atoms with Crippen molar-refractivity contribution in [2.24, 2.45) is 0 Å². The van der Waals surface area contributed by atoms with E-state index in [0.717, 1.165) is 83.5 Å². The van der Waals surface area contributed by atoms with Crippen LogP contribution in [-0.4, -0.2) is 36.4 Å². The lowest BCUT2D eigenvalue weighted by atomic mass is 10.0. The van der Waals surface area contributed by atoms with Crippen molar-refractivity contribution in [3.05, 3.63) is 97.2 Å². The molecule has 0 aliphatic carbocycles. The van der Waals surface area contributed by atoms with Gasteiger partial charge in [0, 0.05) is 12.8 Å². The van der Waals surface area contributed by atoms with Crippen LogP contribution in [0.1, 0.15) is 322 Å². The fourth-order valence-corrected chi connectivity index (χ4v) is 9.47. The largest absolute Gasteiger partial charge is 0.462 e. The van der Waals surface area contributed by atoms with Crippen molar-refractivity contribution in [3.8, 4) is 0 Å². The van der Waals surface area contributed by atoms with Crippen LogP contribution in [0, 0.1) is 0 Å². The van der Waals surface area contributed by atoms with Crippen LogP contribution in [-0.2, 0) is 19.1 Å². The molecule has 0 bridgehead atoms. The van der Waals surface area contributed by atoms with Gasteiger partial charge in [-0.15, -0.1) is 0 Å². The highest BCUT2D eigenvalue weighted by atomic mass is 16.6. The molecule has 0 saturated carbocycles. The molecule has 0 radical (unpaired) electrons. The highest BCUT2D eigenvalue weighted by Crippen LogP contribution is 2.17. The van der Waals surface area contributed by atoms with Crippen molar-refractivity contribution in [1.29, 1.82) is 0 Å². The maximum atomic E-state index is 12.4. The molecule has 76 heavy (non-hydrogen) atoms. The molecule has 0 fully saturated rings. The molecule has 0 aliphatic rings. The Morgan fingerprint density at radius 3 is 0.855 bits per heavy atom. The second kappa shape index (κ2) is 66.1. The van der Waals surface area contributed by atoms with Crippen LogP contribution in [0.25, 0.3) is 0 Å².